The van der Waals surface area contributed by atoms with E-state index in [9.17, 15) is 18.0 Å². The van der Waals surface area contributed by atoms with Crippen molar-refractivity contribution < 1.29 is 22.3 Å². The van der Waals surface area contributed by atoms with Gasteiger partial charge < -0.3 is 14.1 Å². The summed E-state index contributed by atoms with van der Waals surface area (Å²) in [4.78, 5) is 13.8. The molecule has 2 heterocycles. The molecule has 2 aromatic carbocycles. The lowest BCUT2D eigenvalue weighted by molar-refractivity contribution is -0.137. The maximum absolute atomic E-state index is 12.9. The van der Waals surface area contributed by atoms with Gasteiger partial charge in [-0.1, -0.05) is 24.9 Å². The second-order valence-electron chi connectivity index (χ2n) is 6.89. The normalized spacial score (nSPS) is 14.0. The van der Waals surface area contributed by atoms with Crippen molar-refractivity contribution in [3.8, 4) is 5.75 Å². The molecular weight excluding hydrogens is 407 g/mol. The Morgan fingerprint density at radius 2 is 1.97 bits per heavy atom. The molecule has 0 spiro atoms. The van der Waals surface area contributed by atoms with Gasteiger partial charge in [0.15, 0.2) is 6.73 Å². The molecule has 0 radical (unpaired) electrons. The number of hydrogen-bond acceptors (Lipinski definition) is 4. The first-order chi connectivity index (χ1) is 13.8. The number of aryl methyl sites for hydroxylation is 1. The van der Waals surface area contributed by atoms with Crippen LogP contribution in [0.4, 0.5) is 18.9 Å². The highest BCUT2D eigenvalue weighted by Gasteiger charge is 2.32. The van der Waals surface area contributed by atoms with Gasteiger partial charge in [0.25, 0.3) is 0 Å². The van der Waals surface area contributed by atoms with E-state index in [1.165, 1.54) is 12.1 Å². The lowest BCUT2D eigenvalue weighted by Gasteiger charge is -2.31. The van der Waals surface area contributed by atoms with Gasteiger partial charge in [-0.3, -0.25) is 0 Å². The van der Waals surface area contributed by atoms with Crippen LogP contribution in [-0.2, 0) is 19.1 Å². The summed E-state index contributed by atoms with van der Waals surface area (Å²) in [6.07, 6.45) is -2.86. The first-order valence-electron chi connectivity index (χ1n) is 9.11. The van der Waals surface area contributed by atoms with Crippen LogP contribution in [0.15, 0.2) is 45.6 Å². The zero-order chi connectivity index (χ0) is 20.8. The molecule has 0 unspecified atom stereocenters. The fourth-order valence-corrected chi connectivity index (χ4v) is 3.87. The Hall–Kier alpha value is -2.67. The van der Waals surface area contributed by atoms with Crippen LogP contribution in [0.3, 0.4) is 0 Å². The minimum absolute atomic E-state index is 0.0276. The summed E-state index contributed by atoms with van der Waals surface area (Å²) in [5.74, 6) is 0.577. The number of halogens is 4. The van der Waals surface area contributed by atoms with E-state index in [1.54, 1.807) is 4.90 Å². The van der Waals surface area contributed by atoms with E-state index >= 15 is 0 Å². The van der Waals surface area contributed by atoms with Gasteiger partial charge in [-0.2, -0.15) is 13.2 Å². The number of fused-ring (bicyclic) bond motifs is 3. The zero-order valence-corrected chi connectivity index (χ0v) is 16.2. The molecule has 0 fully saturated rings. The predicted molar refractivity (Wildman–Crippen MR) is 105 cm³/mol. The van der Waals surface area contributed by atoms with Gasteiger partial charge in [-0.15, -0.1) is 0 Å². The minimum atomic E-state index is -4.47. The lowest BCUT2D eigenvalue weighted by atomic mass is 10.0. The first kappa shape index (κ1) is 19.6. The van der Waals surface area contributed by atoms with Gasteiger partial charge in [0.1, 0.15) is 11.3 Å². The van der Waals surface area contributed by atoms with E-state index < -0.39 is 17.4 Å². The van der Waals surface area contributed by atoms with E-state index in [-0.39, 0.29) is 18.3 Å². The highest BCUT2D eigenvalue weighted by atomic mass is 35.5. The molecule has 1 aliphatic rings. The minimum Gasteiger partial charge on any atom is -0.473 e. The topological polar surface area (TPSA) is 42.7 Å². The van der Waals surface area contributed by atoms with Gasteiger partial charge >= 0.3 is 11.8 Å². The molecule has 0 amide bonds. The summed E-state index contributed by atoms with van der Waals surface area (Å²) >= 11 is 6.14. The third-order valence-corrected chi connectivity index (χ3v) is 5.22. The zero-order valence-electron chi connectivity index (χ0n) is 15.5. The predicted octanol–water partition coefficient (Wildman–Crippen LogP) is 5.77. The van der Waals surface area contributed by atoms with Crippen LogP contribution in [-0.4, -0.2) is 6.73 Å². The quantitative estimate of drug-likeness (QED) is 0.501. The van der Waals surface area contributed by atoms with Gasteiger partial charge in [-0.05, 0) is 42.3 Å². The van der Waals surface area contributed by atoms with Crippen molar-refractivity contribution in [1.82, 2.24) is 0 Å². The molecule has 0 saturated carbocycles. The fraction of sp³-hybridized carbons (Fsp3) is 0.286. The second-order valence-corrected chi connectivity index (χ2v) is 7.30. The maximum atomic E-state index is 12.9. The van der Waals surface area contributed by atoms with E-state index in [4.69, 9.17) is 20.8 Å². The highest BCUT2D eigenvalue weighted by molar-refractivity contribution is 6.33. The van der Waals surface area contributed by atoms with E-state index in [1.807, 2.05) is 19.1 Å². The van der Waals surface area contributed by atoms with Crippen molar-refractivity contribution in [2.75, 3.05) is 11.6 Å². The summed E-state index contributed by atoms with van der Waals surface area (Å²) in [5.41, 5.74) is 1.15. The molecular formula is C21H17ClF3NO3. The third kappa shape index (κ3) is 3.67. The molecule has 8 heteroatoms. The first-order valence-corrected chi connectivity index (χ1v) is 9.49. The van der Waals surface area contributed by atoms with Crippen LogP contribution in [0.2, 0.25) is 5.02 Å². The maximum Gasteiger partial charge on any atom is 0.416 e. The van der Waals surface area contributed by atoms with Crippen LogP contribution in [0.1, 0.15) is 30.0 Å². The van der Waals surface area contributed by atoms with Crippen LogP contribution in [0.25, 0.3) is 11.0 Å². The average molecular weight is 424 g/mol. The van der Waals surface area contributed by atoms with Crippen molar-refractivity contribution in [2.45, 2.75) is 32.5 Å². The Labute approximate surface area is 169 Å². The highest BCUT2D eigenvalue weighted by Crippen LogP contribution is 2.39. The number of anilines is 1. The monoisotopic (exact) mass is 423 g/mol. The summed E-state index contributed by atoms with van der Waals surface area (Å²) in [7, 11) is 0. The smallest absolute Gasteiger partial charge is 0.416 e. The standard InChI is InChI=1S/C21H17ClF3NO3/c1-2-3-12-8-19(27)29-20-14(12)5-7-18-15(20)10-26(11-28-18)17-6-4-13(9-16(17)22)21(23,24)25/h4-9H,2-3,10-11H2,1H3. The Morgan fingerprint density at radius 3 is 2.66 bits per heavy atom. The molecule has 0 saturated heterocycles. The molecule has 1 aliphatic heterocycles. The molecule has 152 valence electrons. The van der Waals surface area contributed by atoms with Crippen molar-refractivity contribution in [1.29, 1.82) is 0 Å². The van der Waals surface area contributed by atoms with Crippen LogP contribution in [0.5, 0.6) is 5.75 Å². The SMILES string of the molecule is CCCc1cc(=O)oc2c3c(ccc12)OCN(c1ccc(C(F)(F)F)cc1Cl)C3. The average Bonchev–Trinajstić information content (AvgIpc) is 2.67. The Bertz CT molecular complexity index is 1140. The largest absolute Gasteiger partial charge is 0.473 e. The van der Waals surface area contributed by atoms with Crippen LogP contribution < -0.4 is 15.3 Å². The molecule has 0 N–H and O–H groups in total. The molecule has 4 nitrogen and oxygen atoms in total. The van der Waals surface area contributed by atoms with Gasteiger partial charge in [0.05, 0.1) is 28.4 Å². The molecule has 4 rings (SSSR count). The molecule has 29 heavy (non-hydrogen) atoms. The van der Waals surface area contributed by atoms with Gasteiger partial charge in [0, 0.05) is 11.5 Å². The lowest BCUT2D eigenvalue weighted by Crippen LogP contribution is -2.32. The number of benzene rings is 2. The second kappa shape index (κ2) is 7.30. The fourth-order valence-electron chi connectivity index (χ4n) is 3.57. The molecule has 0 aliphatic carbocycles. The molecule has 0 atom stereocenters. The van der Waals surface area contributed by atoms with E-state index in [2.05, 4.69) is 0 Å². The van der Waals surface area contributed by atoms with Crippen LogP contribution >= 0.6 is 11.6 Å². The third-order valence-electron chi connectivity index (χ3n) is 4.92. The summed E-state index contributed by atoms with van der Waals surface area (Å²) in [6.45, 7) is 2.43. The van der Waals surface area contributed by atoms with Crippen molar-refractivity contribution in [3.05, 3.63) is 68.5 Å². The molecule has 3 aromatic rings. The number of ether oxygens (including phenoxy) is 1. The summed E-state index contributed by atoms with van der Waals surface area (Å²) in [5, 5.41) is 0.800. The molecule has 1 aromatic heterocycles. The van der Waals surface area contributed by atoms with Crippen molar-refractivity contribution >= 4 is 28.3 Å². The number of hydrogen-bond donors (Lipinski definition) is 0. The molecule has 0 bridgehead atoms. The van der Waals surface area contributed by atoms with Crippen molar-refractivity contribution in [2.24, 2.45) is 0 Å². The van der Waals surface area contributed by atoms with Gasteiger partial charge in [0.2, 0.25) is 0 Å². The van der Waals surface area contributed by atoms with Crippen LogP contribution in [0, 0.1) is 0 Å². The summed E-state index contributed by atoms with van der Waals surface area (Å²) < 4.78 is 50.0. The Kier molecular flexibility index (Phi) is 4.94. The number of rotatable bonds is 3. The number of nitrogens with zero attached hydrogens (tertiary/aromatic N) is 1. The summed E-state index contributed by atoms with van der Waals surface area (Å²) in [6, 6.07) is 8.38. The van der Waals surface area contributed by atoms with Gasteiger partial charge in [-0.25, -0.2) is 4.79 Å². The van der Waals surface area contributed by atoms with E-state index in [0.29, 0.717) is 22.6 Å². The van der Waals surface area contributed by atoms with E-state index in [0.717, 1.165) is 35.9 Å². The Morgan fingerprint density at radius 1 is 1.17 bits per heavy atom. The number of alkyl halides is 3. The Balaban J connectivity index is 1.76. The van der Waals surface area contributed by atoms with Crippen molar-refractivity contribution in [3.63, 3.8) is 0 Å².